The zero-order valence-electron chi connectivity index (χ0n) is 9.27. The van der Waals surface area contributed by atoms with Crippen LogP contribution < -0.4 is 4.90 Å². The molecule has 0 radical (unpaired) electrons. The lowest BCUT2D eigenvalue weighted by Crippen LogP contribution is -2.17. The van der Waals surface area contributed by atoms with Crippen LogP contribution in [-0.2, 0) is 6.54 Å². The Morgan fingerprint density at radius 3 is 2.82 bits per heavy atom. The Bertz CT molecular complexity index is 519. The van der Waals surface area contributed by atoms with E-state index in [1.54, 1.807) is 0 Å². The molecule has 0 atom stereocenters. The first-order chi connectivity index (χ1) is 8.15. The van der Waals surface area contributed by atoms with Crippen LogP contribution in [0.5, 0.6) is 0 Å². The Hall–Kier alpha value is -1.68. The molecule has 0 saturated carbocycles. The second-order valence-electron chi connectivity index (χ2n) is 3.68. The summed E-state index contributed by atoms with van der Waals surface area (Å²) in [6.07, 6.45) is 1.21. The molecule has 0 fully saturated rings. The Kier molecular flexibility index (Phi) is 3.54. The van der Waals surface area contributed by atoms with Crippen molar-refractivity contribution in [1.29, 1.82) is 0 Å². The number of benzene rings is 1. The second-order valence-corrected chi connectivity index (χ2v) is 4.12. The highest BCUT2D eigenvalue weighted by Crippen LogP contribution is 2.15. The molecule has 5 heteroatoms. The number of rotatable bonds is 3. The van der Waals surface area contributed by atoms with Crippen molar-refractivity contribution in [2.24, 2.45) is 0 Å². The molecule has 2 aromatic rings. The van der Waals surface area contributed by atoms with Crippen molar-refractivity contribution in [3.05, 3.63) is 53.2 Å². The summed E-state index contributed by atoms with van der Waals surface area (Å²) in [6, 6.07) is 8.82. The van der Waals surface area contributed by atoms with E-state index in [4.69, 9.17) is 11.6 Å². The highest BCUT2D eigenvalue weighted by molar-refractivity contribution is 6.30. The largest absolute Gasteiger partial charge is 0.355 e. The molecule has 2 rings (SSSR count). The number of anilines is 1. The van der Waals surface area contributed by atoms with Crippen molar-refractivity contribution in [2.45, 2.75) is 6.54 Å². The highest BCUT2D eigenvalue weighted by Gasteiger charge is 2.05. The van der Waals surface area contributed by atoms with Gasteiger partial charge in [-0.25, -0.2) is 9.97 Å². The fourth-order valence-electron chi connectivity index (χ4n) is 1.52. The van der Waals surface area contributed by atoms with E-state index in [1.165, 1.54) is 12.4 Å². The van der Waals surface area contributed by atoms with E-state index >= 15 is 0 Å². The van der Waals surface area contributed by atoms with Crippen LogP contribution in [0.25, 0.3) is 0 Å². The van der Waals surface area contributed by atoms with Gasteiger partial charge in [-0.3, -0.25) is 0 Å². The fourth-order valence-corrected chi connectivity index (χ4v) is 1.74. The minimum Gasteiger partial charge on any atom is -0.355 e. The average Bonchev–Trinajstić information content (AvgIpc) is 2.29. The van der Waals surface area contributed by atoms with Gasteiger partial charge in [-0.2, -0.15) is 4.39 Å². The lowest BCUT2D eigenvalue weighted by atomic mass is 10.2. The topological polar surface area (TPSA) is 29.0 Å². The van der Waals surface area contributed by atoms with E-state index in [2.05, 4.69) is 9.97 Å². The summed E-state index contributed by atoms with van der Waals surface area (Å²) in [7, 11) is 1.84. The summed E-state index contributed by atoms with van der Waals surface area (Å²) in [5.74, 6) is 0.00502. The third-order valence-corrected chi connectivity index (χ3v) is 2.55. The molecular weight excluding hydrogens is 241 g/mol. The van der Waals surface area contributed by atoms with Gasteiger partial charge in [0.05, 0.1) is 0 Å². The molecule has 0 aliphatic heterocycles. The van der Waals surface area contributed by atoms with Crippen LogP contribution in [0.15, 0.2) is 36.7 Å². The van der Waals surface area contributed by atoms with E-state index in [-0.39, 0.29) is 0 Å². The van der Waals surface area contributed by atoms with E-state index in [0.29, 0.717) is 17.4 Å². The molecule has 1 heterocycles. The predicted octanol–water partition coefficient (Wildman–Crippen LogP) is 2.91. The highest BCUT2D eigenvalue weighted by atomic mass is 35.5. The Morgan fingerprint density at radius 2 is 2.12 bits per heavy atom. The van der Waals surface area contributed by atoms with Crippen molar-refractivity contribution >= 4 is 17.4 Å². The summed E-state index contributed by atoms with van der Waals surface area (Å²) in [4.78, 5) is 9.25. The molecule has 0 N–H and O–H groups in total. The minimum absolute atomic E-state index is 0.534. The first-order valence-electron chi connectivity index (χ1n) is 5.08. The van der Waals surface area contributed by atoms with Crippen LogP contribution >= 0.6 is 11.6 Å². The Morgan fingerprint density at radius 1 is 1.29 bits per heavy atom. The molecule has 0 aliphatic rings. The van der Waals surface area contributed by atoms with Crippen molar-refractivity contribution < 1.29 is 4.39 Å². The van der Waals surface area contributed by atoms with Crippen LogP contribution in [0, 0.1) is 5.95 Å². The molecule has 0 spiro atoms. The van der Waals surface area contributed by atoms with Crippen molar-refractivity contribution in [3.63, 3.8) is 0 Å². The molecule has 88 valence electrons. The summed E-state index contributed by atoms with van der Waals surface area (Å²) in [5, 5.41) is 0.685. The van der Waals surface area contributed by atoms with Crippen molar-refractivity contribution in [1.82, 2.24) is 9.97 Å². The van der Waals surface area contributed by atoms with Gasteiger partial charge in [0.1, 0.15) is 12.1 Å². The molecule has 17 heavy (non-hydrogen) atoms. The predicted molar refractivity (Wildman–Crippen MR) is 65.5 cm³/mol. The first kappa shape index (κ1) is 11.8. The summed E-state index contributed by atoms with van der Waals surface area (Å²) in [6.45, 7) is 0.608. The molecule has 0 amide bonds. The van der Waals surface area contributed by atoms with E-state index in [1.807, 2.05) is 36.2 Å². The molecule has 0 aliphatic carbocycles. The van der Waals surface area contributed by atoms with E-state index in [0.717, 1.165) is 5.56 Å². The number of nitrogens with zero attached hydrogens (tertiary/aromatic N) is 3. The van der Waals surface area contributed by atoms with Crippen molar-refractivity contribution in [2.75, 3.05) is 11.9 Å². The smallest absolute Gasteiger partial charge is 0.218 e. The third kappa shape index (κ3) is 3.14. The maximum atomic E-state index is 12.9. The van der Waals surface area contributed by atoms with Gasteiger partial charge in [0.2, 0.25) is 5.95 Å². The molecule has 1 aromatic heterocycles. The van der Waals surface area contributed by atoms with Crippen LogP contribution in [0.4, 0.5) is 10.2 Å². The summed E-state index contributed by atoms with van der Waals surface area (Å²) < 4.78 is 12.9. The van der Waals surface area contributed by atoms with Crippen LogP contribution in [0.1, 0.15) is 5.56 Å². The standard InChI is InChI=1S/C12H11ClFN3/c1-17(12-6-11(14)15-8-16-12)7-9-3-2-4-10(13)5-9/h2-6,8H,7H2,1H3. The van der Waals surface area contributed by atoms with Crippen LogP contribution in [-0.4, -0.2) is 17.0 Å². The summed E-state index contributed by atoms with van der Waals surface area (Å²) >= 11 is 5.90. The van der Waals surface area contributed by atoms with Crippen molar-refractivity contribution in [3.8, 4) is 0 Å². The maximum Gasteiger partial charge on any atom is 0.218 e. The third-order valence-electron chi connectivity index (χ3n) is 2.32. The van der Waals surface area contributed by atoms with Crippen LogP contribution in [0.2, 0.25) is 5.02 Å². The van der Waals surface area contributed by atoms with Gasteiger partial charge < -0.3 is 4.90 Å². The number of hydrogen-bond acceptors (Lipinski definition) is 3. The fraction of sp³-hybridized carbons (Fsp3) is 0.167. The molecule has 0 saturated heterocycles. The van der Waals surface area contributed by atoms with Gasteiger partial charge >= 0.3 is 0 Å². The van der Waals surface area contributed by atoms with Gasteiger partial charge in [0, 0.05) is 24.7 Å². The zero-order chi connectivity index (χ0) is 12.3. The number of aromatic nitrogens is 2. The lowest BCUT2D eigenvalue weighted by molar-refractivity contribution is 0.578. The monoisotopic (exact) mass is 251 g/mol. The number of halogens is 2. The quantitative estimate of drug-likeness (QED) is 0.786. The molecular formula is C12H11ClFN3. The maximum absolute atomic E-state index is 12.9. The summed E-state index contributed by atoms with van der Waals surface area (Å²) in [5.41, 5.74) is 1.04. The normalized spacial score (nSPS) is 10.3. The zero-order valence-corrected chi connectivity index (χ0v) is 10.0. The van der Waals surface area contributed by atoms with E-state index in [9.17, 15) is 4.39 Å². The second kappa shape index (κ2) is 5.10. The Labute approximate surface area is 104 Å². The van der Waals surface area contributed by atoms with Gasteiger partial charge in [-0.15, -0.1) is 0 Å². The number of hydrogen-bond donors (Lipinski definition) is 0. The molecule has 0 unspecified atom stereocenters. The SMILES string of the molecule is CN(Cc1cccc(Cl)c1)c1cc(F)ncn1. The minimum atomic E-state index is -0.534. The molecule has 0 bridgehead atoms. The van der Waals surface area contributed by atoms with Crippen LogP contribution in [0.3, 0.4) is 0 Å². The lowest BCUT2D eigenvalue weighted by Gasteiger charge is -2.17. The molecule has 1 aromatic carbocycles. The first-order valence-corrected chi connectivity index (χ1v) is 5.46. The average molecular weight is 252 g/mol. The van der Waals surface area contributed by atoms with Gasteiger partial charge in [-0.05, 0) is 17.7 Å². The molecule has 3 nitrogen and oxygen atoms in total. The van der Waals surface area contributed by atoms with E-state index < -0.39 is 5.95 Å². The van der Waals surface area contributed by atoms with Gasteiger partial charge in [0.25, 0.3) is 0 Å². The Balaban J connectivity index is 2.14. The van der Waals surface area contributed by atoms with Gasteiger partial charge in [0.15, 0.2) is 0 Å². The van der Waals surface area contributed by atoms with Gasteiger partial charge in [-0.1, -0.05) is 23.7 Å².